The van der Waals surface area contributed by atoms with Crippen LogP contribution in [-0.4, -0.2) is 50.2 Å². The maximum Gasteiger partial charge on any atom is 0.331 e. The van der Waals surface area contributed by atoms with Crippen molar-refractivity contribution in [1.82, 2.24) is 0 Å². The molecule has 1 rings (SSSR count). The van der Waals surface area contributed by atoms with Gasteiger partial charge in [-0.15, -0.1) is 12.4 Å². The van der Waals surface area contributed by atoms with Gasteiger partial charge in [-0.1, -0.05) is 30.3 Å². The molecule has 1 unspecified atom stereocenters. The maximum absolute atomic E-state index is 11.8. The number of halogens is 1. The molecule has 1 atom stereocenters. The molecule has 0 saturated heterocycles. The molecule has 1 aromatic rings. The number of hydrogen-bond acceptors (Lipinski definition) is 4. The first-order chi connectivity index (χ1) is 9.76. The van der Waals surface area contributed by atoms with Gasteiger partial charge < -0.3 is 19.1 Å². The summed E-state index contributed by atoms with van der Waals surface area (Å²) in [5.74, 6) is -1.79. The van der Waals surface area contributed by atoms with E-state index in [0.717, 1.165) is 5.56 Å². The van der Waals surface area contributed by atoms with Gasteiger partial charge in [0.05, 0.1) is 21.1 Å². The highest BCUT2D eigenvalue weighted by atomic mass is 35.5. The van der Waals surface area contributed by atoms with E-state index in [1.54, 1.807) is 6.08 Å². The second kappa shape index (κ2) is 9.23. The lowest BCUT2D eigenvalue weighted by molar-refractivity contribution is -0.873. The summed E-state index contributed by atoms with van der Waals surface area (Å²) in [5, 5.41) is 10.7. The van der Waals surface area contributed by atoms with Gasteiger partial charge in [0.15, 0.2) is 6.10 Å². The van der Waals surface area contributed by atoms with E-state index in [-0.39, 0.29) is 18.8 Å². The van der Waals surface area contributed by atoms with E-state index in [9.17, 15) is 14.7 Å². The van der Waals surface area contributed by atoms with Crippen LogP contribution in [-0.2, 0) is 14.3 Å². The normalized spacial score (nSPS) is 12.5. The molecule has 0 bridgehead atoms. The summed E-state index contributed by atoms with van der Waals surface area (Å²) < 4.78 is 5.69. The molecule has 22 heavy (non-hydrogen) atoms. The third kappa shape index (κ3) is 9.15. The van der Waals surface area contributed by atoms with E-state index < -0.39 is 18.0 Å². The third-order valence-electron chi connectivity index (χ3n) is 2.64. The Morgan fingerprint density at radius 3 is 2.32 bits per heavy atom. The van der Waals surface area contributed by atoms with Crippen LogP contribution in [0.4, 0.5) is 0 Å². The van der Waals surface area contributed by atoms with Gasteiger partial charge in [-0.05, 0) is 11.6 Å². The first kappa shape index (κ1) is 20.2. The number of hydrogen-bond donors (Lipinski definition) is 0. The maximum atomic E-state index is 11.8. The first-order valence-electron chi connectivity index (χ1n) is 6.70. The Labute approximate surface area is 137 Å². The molecule has 0 N–H and O–H groups in total. The fraction of sp³-hybridized carbons (Fsp3) is 0.375. The monoisotopic (exact) mass is 327 g/mol. The number of carboxylic acids is 1. The van der Waals surface area contributed by atoms with Crippen molar-refractivity contribution in [2.75, 3.05) is 27.7 Å². The number of esters is 1. The van der Waals surface area contributed by atoms with Gasteiger partial charge in [0.25, 0.3) is 0 Å². The van der Waals surface area contributed by atoms with Gasteiger partial charge in [-0.2, -0.15) is 0 Å². The Kier molecular flexibility index (Phi) is 8.45. The number of carbonyl (C=O) groups is 2. The molecule has 0 aliphatic rings. The molecule has 0 aliphatic heterocycles. The van der Waals surface area contributed by atoms with Crippen molar-refractivity contribution >= 4 is 30.4 Å². The van der Waals surface area contributed by atoms with Crippen molar-refractivity contribution in [3.63, 3.8) is 0 Å². The fourth-order valence-electron chi connectivity index (χ4n) is 1.87. The Hall–Kier alpha value is -1.85. The summed E-state index contributed by atoms with van der Waals surface area (Å²) in [5.41, 5.74) is 0.873. The molecule has 0 aliphatic carbocycles. The van der Waals surface area contributed by atoms with Crippen LogP contribution in [0.1, 0.15) is 12.0 Å². The highest BCUT2D eigenvalue weighted by molar-refractivity contribution is 5.87. The number of ether oxygens (including phenoxy) is 1. The van der Waals surface area contributed by atoms with Crippen LogP contribution in [0.15, 0.2) is 36.4 Å². The minimum absolute atomic E-state index is 0. The van der Waals surface area contributed by atoms with Gasteiger partial charge in [0.1, 0.15) is 6.54 Å². The van der Waals surface area contributed by atoms with Crippen LogP contribution in [0.3, 0.4) is 0 Å². The molecule has 122 valence electrons. The average molecular weight is 328 g/mol. The number of carbonyl (C=O) groups excluding carboxylic acids is 2. The van der Waals surface area contributed by atoms with Crippen LogP contribution < -0.4 is 5.11 Å². The first-order valence-corrected chi connectivity index (χ1v) is 6.70. The zero-order valence-electron chi connectivity index (χ0n) is 13.0. The minimum atomic E-state index is -1.23. The molecule has 5 nitrogen and oxygen atoms in total. The second-order valence-electron chi connectivity index (χ2n) is 5.85. The van der Waals surface area contributed by atoms with Crippen molar-refractivity contribution in [1.29, 1.82) is 0 Å². The van der Waals surface area contributed by atoms with Crippen LogP contribution in [0.25, 0.3) is 6.08 Å². The average Bonchev–Trinajstić information content (AvgIpc) is 2.34. The van der Waals surface area contributed by atoms with E-state index in [2.05, 4.69) is 0 Å². The number of aliphatic carboxylic acids is 1. The second-order valence-corrected chi connectivity index (χ2v) is 5.85. The van der Waals surface area contributed by atoms with E-state index in [0.29, 0.717) is 11.0 Å². The molecule has 0 radical (unpaired) electrons. The van der Waals surface area contributed by atoms with Crippen LogP contribution in [0.5, 0.6) is 0 Å². The Morgan fingerprint density at radius 1 is 1.23 bits per heavy atom. The largest absolute Gasteiger partial charge is 0.550 e. The van der Waals surface area contributed by atoms with Crippen LogP contribution in [0.2, 0.25) is 0 Å². The SMILES string of the molecule is C[N+](C)(C)CC(CC(=O)[O-])OC(=O)C=Cc1ccccc1.Cl. The van der Waals surface area contributed by atoms with Crippen molar-refractivity contribution < 1.29 is 23.9 Å². The standard InChI is InChI=1S/C16H21NO4.ClH/c1-17(2,3)12-14(11-15(18)19)21-16(20)10-9-13-7-5-4-6-8-13;/h4-10,14H,11-12H2,1-3H3;1H. The summed E-state index contributed by atoms with van der Waals surface area (Å²) >= 11 is 0. The molecule has 0 fully saturated rings. The predicted octanol–water partition coefficient (Wildman–Crippen LogP) is 0.880. The number of benzene rings is 1. The highest BCUT2D eigenvalue weighted by Crippen LogP contribution is 2.06. The van der Waals surface area contributed by atoms with Crippen molar-refractivity contribution in [2.45, 2.75) is 12.5 Å². The van der Waals surface area contributed by atoms with E-state index >= 15 is 0 Å². The zero-order valence-corrected chi connectivity index (χ0v) is 13.8. The lowest BCUT2D eigenvalue weighted by atomic mass is 10.2. The Morgan fingerprint density at radius 2 is 1.82 bits per heavy atom. The number of nitrogens with zero attached hydrogens (tertiary/aromatic N) is 1. The molecule has 0 amide bonds. The molecule has 1 aromatic carbocycles. The molecular formula is C16H22ClNO4. The van der Waals surface area contributed by atoms with E-state index in [1.807, 2.05) is 51.5 Å². The summed E-state index contributed by atoms with van der Waals surface area (Å²) in [6.45, 7) is 0.402. The van der Waals surface area contributed by atoms with Crippen molar-refractivity contribution in [3.05, 3.63) is 42.0 Å². The topological polar surface area (TPSA) is 66.4 Å². The van der Waals surface area contributed by atoms with Gasteiger partial charge >= 0.3 is 5.97 Å². The molecule has 0 heterocycles. The predicted molar refractivity (Wildman–Crippen MR) is 85.1 cm³/mol. The lowest BCUT2D eigenvalue weighted by Gasteiger charge is -2.29. The van der Waals surface area contributed by atoms with E-state index in [4.69, 9.17) is 4.74 Å². The van der Waals surface area contributed by atoms with Gasteiger partial charge in [0, 0.05) is 18.5 Å². The van der Waals surface area contributed by atoms with Crippen LogP contribution >= 0.6 is 12.4 Å². The van der Waals surface area contributed by atoms with Gasteiger partial charge in [-0.3, -0.25) is 0 Å². The summed E-state index contributed by atoms with van der Waals surface area (Å²) in [6.07, 6.45) is 1.92. The third-order valence-corrected chi connectivity index (χ3v) is 2.64. The summed E-state index contributed by atoms with van der Waals surface area (Å²) in [6, 6.07) is 9.32. The van der Waals surface area contributed by atoms with Crippen LogP contribution in [0, 0.1) is 0 Å². The number of quaternary nitrogens is 1. The highest BCUT2D eigenvalue weighted by Gasteiger charge is 2.21. The number of carboxylic acid groups (broad SMARTS) is 1. The smallest absolute Gasteiger partial charge is 0.331 e. The van der Waals surface area contributed by atoms with Gasteiger partial charge in [-0.25, -0.2) is 4.79 Å². The lowest BCUT2D eigenvalue weighted by Crippen LogP contribution is -2.45. The molecule has 0 spiro atoms. The fourth-order valence-corrected chi connectivity index (χ4v) is 1.87. The summed E-state index contributed by atoms with van der Waals surface area (Å²) in [4.78, 5) is 22.5. The Bertz CT molecular complexity index is 509. The van der Waals surface area contributed by atoms with Crippen molar-refractivity contribution in [2.24, 2.45) is 0 Å². The molecule has 0 aromatic heterocycles. The Balaban J connectivity index is 0.00000441. The molecular weight excluding hydrogens is 306 g/mol. The molecule has 0 saturated carbocycles. The van der Waals surface area contributed by atoms with Gasteiger partial charge in [0.2, 0.25) is 0 Å². The molecule has 6 heteroatoms. The minimum Gasteiger partial charge on any atom is -0.550 e. The zero-order chi connectivity index (χ0) is 15.9. The van der Waals surface area contributed by atoms with Crippen molar-refractivity contribution in [3.8, 4) is 0 Å². The van der Waals surface area contributed by atoms with E-state index in [1.165, 1.54) is 6.08 Å². The number of likely N-dealkylation sites (N-methyl/N-ethyl adjacent to an activating group) is 1. The number of rotatable bonds is 7. The quantitative estimate of drug-likeness (QED) is 0.423. The summed E-state index contributed by atoms with van der Waals surface area (Å²) in [7, 11) is 5.70.